The maximum Gasteiger partial charge on any atom is 0.162 e. The second-order valence-corrected chi connectivity index (χ2v) is 7.10. The van der Waals surface area contributed by atoms with E-state index in [0.717, 1.165) is 0 Å². The van der Waals surface area contributed by atoms with Gasteiger partial charge in [0.25, 0.3) is 0 Å². The van der Waals surface area contributed by atoms with E-state index in [1.165, 1.54) is 5.56 Å². The number of hydrogen-bond donors (Lipinski definition) is 1. The molecule has 0 spiro atoms. The highest BCUT2D eigenvalue weighted by Crippen LogP contribution is 2.33. The Morgan fingerprint density at radius 3 is 2.15 bits per heavy atom. The molecule has 0 radical (unpaired) electrons. The summed E-state index contributed by atoms with van der Waals surface area (Å²) in [5.74, 6) is -0.456. The Balaban J connectivity index is 2.07. The lowest BCUT2D eigenvalue weighted by Crippen LogP contribution is -2.51. The van der Waals surface area contributed by atoms with Crippen molar-refractivity contribution in [3.05, 3.63) is 35.9 Å². The van der Waals surface area contributed by atoms with Crippen molar-refractivity contribution in [2.75, 3.05) is 13.2 Å². The molecule has 0 aliphatic carbocycles. The van der Waals surface area contributed by atoms with Crippen molar-refractivity contribution >= 4 is 0 Å². The average molecular weight is 277 g/mol. The van der Waals surface area contributed by atoms with Crippen LogP contribution in [0.3, 0.4) is 0 Å². The number of ether oxygens (including phenoxy) is 2. The molecule has 1 unspecified atom stereocenters. The van der Waals surface area contributed by atoms with Crippen molar-refractivity contribution in [1.29, 1.82) is 0 Å². The van der Waals surface area contributed by atoms with Crippen LogP contribution in [0.4, 0.5) is 0 Å². The Labute approximate surface area is 122 Å². The van der Waals surface area contributed by atoms with E-state index >= 15 is 0 Å². The van der Waals surface area contributed by atoms with Gasteiger partial charge in [-0.05, 0) is 24.8 Å². The van der Waals surface area contributed by atoms with Gasteiger partial charge in [-0.1, -0.05) is 51.1 Å². The molecule has 1 heterocycles. The third-order valence-corrected chi connectivity index (χ3v) is 3.67. The van der Waals surface area contributed by atoms with Crippen molar-refractivity contribution in [3.63, 3.8) is 0 Å². The Kier molecular flexibility index (Phi) is 4.52. The largest absolute Gasteiger partial charge is 0.349 e. The van der Waals surface area contributed by atoms with E-state index in [-0.39, 0.29) is 17.5 Å². The standard InChI is InChI=1S/C17H27NO2/c1-16(2,3)15(13-9-7-6-8-10-13)18-14-11-19-17(4,5)20-12-14/h6-10,14-15,18H,11-12H2,1-5H3. The van der Waals surface area contributed by atoms with E-state index in [9.17, 15) is 0 Å². The molecule has 1 N–H and O–H groups in total. The van der Waals surface area contributed by atoms with Crippen LogP contribution >= 0.6 is 0 Å². The zero-order valence-electron chi connectivity index (χ0n) is 13.3. The van der Waals surface area contributed by atoms with Gasteiger partial charge in [0.2, 0.25) is 0 Å². The van der Waals surface area contributed by atoms with Crippen LogP contribution in [0.15, 0.2) is 30.3 Å². The molecule has 1 aliphatic rings. The van der Waals surface area contributed by atoms with Crippen LogP contribution in [0, 0.1) is 5.41 Å². The monoisotopic (exact) mass is 277 g/mol. The molecule has 0 aromatic heterocycles. The lowest BCUT2D eigenvalue weighted by molar-refractivity contribution is -0.254. The van der Waals surface area contributed by atoms with Crippen LogP contribution in [0.2, 0.25) is 0 Å². The Hall–Kier alpha value is -0.900. The van der Waals surface area contributed by atoms with Crippen LogP contribution in [0.5, 0.6) is 0 Å². The summed E-state index contributed by atoms with van der Waals surface area (Å²) in [7, 11) is 0. The first-order valence-corrected chi connectivity index (χ1v) is 7.37. The van der Waals surface area contributed by atoms with Gasteiger partial charge in [-0.25, -0.2) is 0 Å². The molecule has 2 rings (SSSR count). The van der Waals surface area contributed by atoms with E-state index < -0.39 is 5.79 Å². The van der Waals surface area contributed by atoms with Gasteiger partial charge in [0.15, 0.2) is 5.79 Å². The fourth-order valence-electron chi connectivity index (χ4n) is 2.52. The number of nitrogens with one attached hydrogen (secondary N) is 1. The molecule has 1 saturated heterocycles. The first kappa shape index (κ1) is 15.5. The number of hydrogen-bond acceptors (Lipinski definition) is 3. The van der Waals surface area contributed by atoms with Crippen molar-refractivity contribution in [2.45, 2.75) is 52.5 Å². The molecule has 1 atom stereocenters. The maximum atomic E-state index is 5.74. The molecule has 112 valence electrons. The molecule has 3 heteroatoms. The van der Waals surface area contributed by atoms with E-state index in [4.69, 9.17) is 9.47 Å². The second kappa shape index (κ2) is 5.84. The predicted molar refractivity (Wildman–Crippen MR) is 81.5 cm³/mol. The van der Waals surface area contributed by atoms with Crippen molar-refractivity contribution < 1.29 is 9.47 Å². The highest BCUT2D eigenvalue weighted by atomic mass is 16.7. The smallest absolute Gasteiger partial charge is 0.162 e. The van der Waals surface area contributed by atoms with E-state index in [0.29, 0.717) is 13.2 Å². The third-order valence-electron chi connectivity index (χ3n) is 3.67. The average Bonchev–Trinajstić information content (AvgIpc) is 2.37. The Morgan fingerprint density at radius 2 is 1.65 bits per heavy atom. The molecule has 1 fully saturated rings. The molecule has 0 saturated carbocycles. The number of benzene rings is 1. The molecule has 3 nitrogen and oxygen atoms in total. The molecular formula is C17H27NO2. The van der Waals surface area contributed by atoms with E-state index in [1.54, 1.807) is 0 Å². The topological polar surface area (TPSA) is 30.5 Å². The van der Waals surface area contributed by atoms with Crippen molar-refractivity contribution in [2.24, 2.45) is 5.41 Å². The van der Waals surface area contributed by atoms with E-state index in [1.807, 2.05) is 13.8 Å². The highest BCUT2D eigenvalue weighted by Gasteiger charge is 2.33. The summed E-state index contributed by atoms with van der Waals surface area (Å²) < 4.78 is 11.5. The lowest BCUT2D eigenvalue weighted by atomic mass is 9.82. The molecule has 1 aliphatic heterocycles. The van der Waals surface area contributed by atoms with Crippen molar-refractivity contribution in [1.82, 2.24) is 5.32 Å². The molecule has 1 aromatic rings. The number of rotatable bonds is 3. The summed E-state index contributed by atoms with van der Waals surface area (Å²) in [4.78, 5) is 0. The van der Waals surface area contributed by atoms with E-state index in [2.05, 4.69) is 56.4 Å². The minimum absolute atomic E-state index is 0.133. The van der Waals surface area contributed by atoms with Gasteiger partial charge in [0.1, 0.15) is 0 Å². The molecule has 20 heavy (non-hydrogen) atoms. The zero-order valence-corrected chi connectivity index (χ0v) is 13.3. The summed E-state index contributed by atoms with van der Waals surface area (Å²) in [6, 6.07) is 11.1. The fraction of sp³-hybridized carbons (Fsp3) is 0.647. The minimum atomic E-state index is -0.456. The Bertz CT molecular complexity index is 412. The normalized spacial score (nSPS) is 21.6. The van der Waals surface area contributed by atoms with Gasteiger partial charge in [-0.3, -0.25) is 0 Å². The fourth-order valence-corrected chi connectivity index (χ4v) is 2.52. The van der Waals surface area contributed by atoms with Gasteiger partial charge in [-0.2, -0.15) is 0 Å². The van der Waals surface area contributed by atoms with Crippen LogP contribution < -0.4 is 5.32 Å². The van der Waals surface area contributed by atoms with Gasteiger partial charge in [0, 0.05) is 6.04 Å². The molecule has 1 aromatic carbocycles. The van der Waals surface area contributed by atoms with Gasteiger partial charge >= 0.3 is 0 Å². The molecule has 0 amide bonds. The van der Waals surface area contributed by atoms with Gasteiger partial charge < -0.3 is 14.8 Å². The quantitative estimate of drug-likeness (QED) is 0.917. The summed E-state index contributed by atoms with van der Waals surface area (Å²) >= 11 is 0. The van der Waals surface area contributed by atoms with Crippen LogP contribution in [-0.2, 0) is 9.47 Å². The molecular weight excluding hydrogens is 250 g/mol. The summed E-state index contributed by atoms with van der Waals surface area (Å²) in [6.45, 7) is 12.1. The third kappa shape index (κ3) is 4.05. The second-order valence-electron chi connectivity index (χ2n) is 7.10. The zero-order chi connectivity index (χ0) is 14.8. The van der Waals surface area contributed by atoms with Crippen LogP contribution in [0.1, 0.15) is 46.2 Å². The maximum absolute atomic E-state index is 5.74. The first-order chi connectivity index (χ1) is 9.28. The van der Waals surface area contributed by atoms with Crippen LogP contribution in [-0.4, -0.2) is 25.0 Å². The summed E-state index contributed by atoms with van der Waals surface area (Å²) in [5.41, 5.74) is 1.44. The van der Waals surface area contributed by atoms with Crippen molar-refractivity contribution in [3.8, 4) is 0 Å². The first-order valence-electron chi connectivity index (χ1n) is 7.37. The van der Waals surface area contributed by atoms with Crippen LogP contribution in [0.25, 0.3) is 0 Å². The van der Waals surface area contributed by atoms with Gasteiger partial charge in [-0.15, -0.1) is 0 Å². The summed E-state index contributed by atoms with van der Waals surface area (Å²) in [6.07, 6.45) is 0. The molecule has 0 bridgehead atoms. The SMILES string of the molecule is CC1(C)OCC(NC(c2ccccc2)C(C)(C)C)CO1. The lowest BCUT2D eigenvalue weighted by Gasteiger charge is -2.40. The predicted octanol–water partition coefficient (Wildman–Crippen LogP) is 3.51. The van der Waals surface area contributed by atoms with Gasteiger partial charge in [0.05, 0.1) is 19.3 Å². The summed E-state index contributed by atoms with van der Waals surface area (Å²) in [5, 5.41) is 3.70. The minimum Gasteiger partial charge on any atom is -0.349 e. The highest BCUT2D eigenvalue weighted by molar-refractivity contribution is 5.21. The Morgan fingerprint density at radius 1 is 1.10 bits per heavy atom.